The standard InChI is InChI=1S/C16H15BrN2O2/c1-19(11-14-4-2-3-9-18-14)15-10-13(17)7-5-12(15)6-8-16(20)21/h2-10H,11H2,1H3,(H,20,21)/b8-6+. The molecule has 0 atom stereocenters. The zero-order valence-corrected chi connectivity index (χ0v) is 13.1. The van der Waals surface area contributed by atoms with E-state index < -0.39 is 5.97 Å². The average molecular weight is 347 g/mol. The van der Waals surface area contributed by atoms with Gasteiger partial charge in [-0.25, -0.2) is 4.79 Å². The molecule has 1 aromatic heterocycles. The molecule has 4 nitrogen and oxygen atoms in total. The largest absolute Gasteiger partial charge is 0.478 e. The Bertz CT molecular complexity index is 657. The fraction of sp³-hybridized carbons (Fsp3) is 0.125. The van der Waals surface area contributed by atoms with Crippen molar-refractivity contribution in [1.82, 2.24) is 4.98 Å². The van der Waals surface area contributed by atoms with Crippen molar-refractivity contribution in [3.63, 3.8) is 0 Å². The lowest BCUT2D eigenvalue weighted by molar-refractivity contribution is -0.131. The highest BCUT2D eigenvalue weighted by atomic mass is 79.9. The number of rotatable bonds is 5. The highest BCUT2D eigenvalue weighted by Gasteiger charge is 2.08. The summed E-state index contributed by atoms with van der Waals surface area (Å²) in [7, 11) is 1.95. The summed E-state index contributed by atoms with van der Waals surface area (Å²) < 4.78 is 0.942. The van der Waals surface area contributed by atoms with Gasteiger partial charge in [-0.1, -0.05) is 28.1 Å². The normalized spacial score (nSPS) is 10.8. The third-order valence-electron chi connectivity index (χ3n) is 2.93. The second-order valence-electron chi connectivity index (χ2n) is 4.55. The Hall–Kier alpha value is -2.14. The second kappa shape index (κ2) is 7.04. The fourth-order valence-electron chi connectivity index (χ4n) is 1.97. The van der Waals surface area contributed by atoms with E-state index in [2.05, 4.69) is 20.9 Å². The maximum Gasteiger partial charge on any atom is 0.328 e. The molecule has 0 spiro atoms. The molecule has 1 heterocycles. The third kappa shape index (κ3) is 4.43. The zero-order valence-electron chi connectivity index (χ0n) is 11.5. The van der Waals surface area contributed by atoms with Crippen LogP contribution in [0.5, 0.6) is 0 Å². The Morgan fingerprint density at radius 1 is 1.38 bits per heavy atom. The van der Waals surface area contributed by atoms with Crippen LogP contribution < -0.4 is 4.90 Å². The minimum absolute atomic E-state index is 0.644. The fourth-order valence-corrected chi connectivity index (χ4v) is 2.32. The Morgan fingerprint density at radius 2 is 2.19 bits per heavy atom. The smallest absolute Gasteiger partial charge is 0.328 e. The quantitative estimate of drug-likeness (QED) is 0.840. The number of aliphatic carboxylic acids is 1. The first-order chi connectivity index (χ1) is 10.1. The summed E-state index contributed by atoms with van der Waals surface area (Å²) in [6.45, 7) is 0.644. The molecule has 21 heavy (non-hydrogen) atoms. The highest BCUT2D eigenvalue weighted by molar-refractivity contribution is 9.10. The number of nitrogens with zero attached hydrogens (tertiary/aromatic N) is 2. The topological polar surface area (TPSA) is 53.4 Å². The van der Waals surface area contributed by atoms with Gasteiger partial charge in [0.25, 0.3) is 0 Å². The van der Waals surface area contributed by atoms with Gasteiger partial charge >= 0.3 is 5.97 Å². The van der Waals surface area contributed by atoms with Crippen molar-refractivity contribution in [2.75, 3.05) is 11.9 Å². The molecule has 1 N–H and O–H groups in total. The number of pyridine rings is 1. The van der Waals surface area contributed by atoms with E-state index in [1.54, 1.807) is 12.3 Å². The van der Waals surface area contributed by atoms with E-state index in [4.69, 9.17) is 5.11 Å². The van der Waals surface area contributed by atoms with Crippen LogP contribution in [-0.4, -0.2) is 23.1 Å². The predicted molar refractivity (Wildman–Crippen MR) is 87.2 cm³/mol. The van der Waals surface area contributed by atoms with E-state index in [1.807, 2.05) is 48.3 Å². The summed E-state index contributed by atoms with van der Waals surface area (Å²) in [6, 6.07) is 11.5. The minimum atomic E-state index is -0.962. The van der Waals surface area contributed by atoms with Gasteiger partial charge in [-0.2, -0.15) is 0 Å². The molecule has 0 aliphatic rings. The lowest BCUT2D eigenvalue weighted by atomic mass is 10.1. The number of hydrogen-bond donors (Lipinski definition) is 1. The molecule has 0 aliphatic heterocycles. The van der Waals surface area contributed by atoms with Crippen molar-refractivity contribution in [2.24, 2.45) is 0 Å². The van der Waals surface area contributed by atoms with Crippen LogP contribution in [0.4, 0.5) is 5.69 Å². The van der Waals surface area contributed by atoms with Gasteiger partial charge in [0.2, 0.25) is 0 Å². The first-order valence-electron chi connectivity index (χ1n) is 6.38. The van der Waals surface area contributed by atoms with E-state index in [-0.39, 0.29) is 0 Å². The molecular formula is C16H15BrN2O2. The van der Waals surface area contributed by atoms with Gasteiger partial charge in [-0.05, 0) is 35.9 Å². The van der Waals surface area contributed by atoms with Gasteiger partial charge in [0.1, 0.15) is 0 Å². The lowest BCUT2D eigenvalue weighted by Crippen LogP contribution is -2.18. The van der Waals surface area contributed by atoms with Gasteiger partial charge in [0.15, 0.2) is 0 Å². The number of aromatic nitrogens is 1. The molecule has 0 unspecified atom stereocenters. The summed E-state index contributed by atoms with van der Waals surface area (Å²) in [5, 5.41) is 8.77. The number of carbonyl (C=O) groups is 1. The molecule has 0 aliphatic carbocycles. The van der Waals surface area contributed by atoms with Crippen LogP contribution >= 0.6 is 15.9 Å². The molecule has 5 heteroatoms. The van der Waals surface area contributed by atoms with Crippen molar-refractivity contribution < 1.29 is 9.90 Å². The molecule has 0 fully saturated rings. The van der Waals surface area contributed by atoms with E-state index >= 15 is 0 Å². The van der Waals surface area contributed by atoms with Crippen LogP contribution in [0, 0.1) is 0 Å². The van der Waals surface area contributed by atoms with Crippen molar-refractivity contribution in [3.05, 3.63) is 64.4 Å². The SMILES string of the molecule is CN(Cc1ccccn1)c1cc(Br)ccc1/C=C/C(=O)O. The van der Waals surface area contributed by atoms with Crippen LogP contribution in [0.25, 0.3) is 6.08 Å². The predicted octanol–water partition coefficient (Wildman–Crippen LogP) is 3.58. The summed E-state index contributed by atoms with van der Waals surface area (Å²) >= 11 is 3.45. The van der Waals surface area contributed by atoms with Crippen LogP contribution in [0.2, 0.25) is 0 Å². The number of carboxylic acid groups (broad SMARTS) is 1. The van der Waals surface area contributed by atoms with E-state index in [0.717, 1.165) is 27.5 Å². The van der Waals surface area contributed by atoms with Crippen LogP contribution in [0.3, 0.4) is 0 Å². The number of anilines is 1. The monoisotopic (exact) mass is 346 g/mol. The Balaban J connectivity index is 2.28. The maximum atomic E-state index is 10.7. The van der Waals surface area contributed by atoms with Gasteiger partial charge in [0.05, 0.1) is 12.2 Å². The summed E-state index contributed by atoms with van der Waals surface area (Å²) in [6.07, 6.45) is 4.50. The van der Waals surface area contributed by atoms with Gasteiger partial charge < -0.3 is 10.0 Å². The molecule has 2 aromatic rings. The van der Waals surface area contributed by atoms with Gasteiger partial charge in [-0.15, -0.1) is 0 Å². The molecule has 2 rings (SSSR count). The highest BCUT2D eigenvalue weighted by Crippen LogP contribution is 2.26. The summed E-state index contributed by atoms with van der Waals surface area (Å²) in [5.74, 6) is -0.962. The van der Waals surface area contributed by atoms with E-state index in [0.29, 0.717) is 6.54 Å². The summed E-state index contributed by atoms with van der Waals surface area (Å²) in [5.41, 5.74) is 2.74. The van der Waals surface area contributed by atoms with Gasteiger partial charge in [-0.3, -0.25) is 4.98 Å². The third-order valence-corrected chi connectivity index (χ3v) is 3.43. The molecule has 0 amide bonds. The molecular weight excluding hydrogens is 332 g/mol. The van der Waals surface area contributed by atoms with Crippen LogP contribution in [0.1, 0.15) is 11.3 Å². The van der Waals surface area contributed by atoms with Crippen molar-refractivity contribution in [2.45, 2.75) is 6.54 Å². The minimum Gasteiger partial charge on any atom is -0.478 e. The molecule has 108 valence electrons. The molecule has 1 aromatic carbocycles. The Morgan fingerprint density at radius 3 is 2.86 bits per heavy atom. The van der Waals surface area contributed by atoms with E-state index in [1.165, 1.54) is 0 Å². The van der Waals surface area contributed by atoms with Crippen molar-refractivity contribution >= 4 is 33.7 Å². The summed E-state index contributed by atoms with van der Waals surface area (Å²) in [4.78, 5) is 17.0. The van der Waals surface area contributed by atoms with E-state index in [9.17, 15) is 4.79 Å². The molecule has 0 bridgehead atoms. The first kappa shape index (κ1) is 15.3. The second-order valence-corrected chi connectivity index (χ2v) is 5.47. The van der Waals surface area contributed by atoms with Gasteiger partial charge in [0, 0.05) is 29.5 Å². The lowest BCUT2D eigenvalue weighted by Gasteiger charge is -2.21. The molecule has 0 saturated heterocycles. The number of halogens is 1. The average Bonchev–Trinajstić information content (AvgIpc) is 2.46. The Labute approximate surface area is 131 Å². The van der Waals surface area contributed by atoms with Crippen molar-refractivity contribution in [3.8, 4) is 0 Å². The zero-order chi connectivity index (χ0) is 15.2. The number of benzene rings is 1. The number of carboxylic acids is 1. The molecule has 0 saturated carbocycles. The maximum absolute atomic E-state index is 10.7. The molecule has 0 radical (unpaired) electrons. The Kier molecular flexibility index (Phi) is 5.11. The van der Waals surface area contributed by atoms with Crippen molar-refractivity contribution in [1.29, 1.82) is 0 Å². The van der Waals surface area contributed by atoms with Crippen LogP contribution in [0.15, 0.2) is 53.1 Å². The van der Waals surface area contributed by atoms with Crippen LogP contribution in [-0.2, 0) is 11.3 Å². The number of hydrogen-bond acceptors (Lipinski definition) is 3. The first-order valence-corrected chi connectivity index (χ1v) is 7.17.